The van der Waals surface area contributed by atoms with Crippen molar-refractivity contribution in [3.8, 4) is 0 Å². The summed E-state index contributed by atoms with van der Waals surface area (Å²) in [7, 11) is 0. The summed E-state index contributed by atoms with van der Waals surface area (Å²) in [4.78, 5) is 0. The highest BCUT2D eigenvalue weighted by atomic mass is 35.5. The van der Waals surface area contributed by atoms with E-state index in [1.807, 2.05) is 6.07 Å². The Kier molecular flexibility index (Phi) is 4.86. The highest BCUT2D eigenvalue weighted by molar-refractivity contribution is 6.31. The van der Waals surface area contributed by atoms with Gasteiger partial charge in [-0.05, 0) is 25.0 Å². The van der Waals surface area contributed by atoms with E-state index in [-0.39, 0.29) is 11.2 Å². The van der Waals surface area contributed by atoms with Crippen LogP contribution in [0.3, 0.4) is 0 Å². The molecular formula is C16H23ClFN. The van der Waals surface area contributed by atoms with Crippen LogP contribution in [0.15, 0.2) is 18.2 Å². The van der Waals surface area contributed by atoms with Crippen molar-refractivity contribution in [3.63, 3.8) is 0 Å². The van der Waals surface area contributed by atoms with Crippen LogP contribution >= 0.6 is 11.6 Å². The molecular weight excluding hydrogens is 261 g/mol. The van der Waals surface area contributed by atoms with Crippen LogP contribution in [0.1, 0.15) is 51.5 Å². The fourth-order valence-electron chi connectivity index (χ4n) is 3.15. The SMILES string of the molecule is CC(C)NCC1(c2c(F)cccc2Cl)CCCCC1. The lowest BCUT2D eigenvalue weighted by Crippen LogP contribution is -2.43. The Morgan fingerprint density at radius 1 is 1.26 bits per heavy atom. The molecule has 106 valence electrons. The fraction of sp³-hybridized carbons (Fsp3) is 0.625. The van der Waals surface area contributed by atoms with Crippen molar-refractivity contribution in [2.75, 3.05) is 6.54 Å². The number of rotatable bonds is 4. The van der Waals surface area contributed by atoms with Crippen molar-refractivity contribution in [1.29, 1.82) is 0 Å². The number of hydrogen-bond acceptors (Lipinski definition) is 1. The maximum atomic E-state index is 14.3. The molecule has 0 heterocycles. The zero-order valence-electron chi connectivity index (χ0n) is 11.8. The predicted octanol–water partition coefficient (Wildman–Crippen LogP) is 4.68. The molecule has 1 nitrogen and oxygen atoms in total. The molecule has 2 rings (SSSR count). The van der Waals surface area contributed by atoms with Gasteiger partial charge in [-0.3, -0.25) is 0 Å². The molecule has 1 aromatic carbocycles. The van der Waals surface area contributed by atoms with E-state index in [2.05, 4.69) is 19.2 Å². The summed E-state index contributed by atoms with van der Waals surface area (Å²) >= 11 is 6.30. The molecule has 0 amide bonds. The molecule has 1 aliphatic carbocycles. The summed E-state index contributed by atoms with van der Waals surface area (Å²) in [6.45, 7) is 5.06. The van der Waals surface area contributed by atoms with Gasteiger partial charge in [-0.1, -0.05) is 50.8 Å². The van der Waals surface area contributed by atoms with Crippen LogP contribution < -0.4 is 5.32 Å². The molecule has 0 aromatic heterocycles. The van der Waals surface area contributed by atoms with Crippen LogP contribution in [0, 0.1) is 5.82 Å². The first kappa shape index (κ1) is 14.8. The van der Waals surface area contributed by atoms with Gasteiger partial charge in [-0.2, -0.15) is 0 Å². The summed E-state index contributed by atoms with van der Waals surface area (Å²) < 4.78 is 14.3. The van der Waals surface area contributed by atoms with Gasteiger partial charge in [0.1, 0.15) is 5.82 Å². The van der Waals surface area contributed by atoms with E-state index in [1.54, 1.807) is 6.07 Å². The third kappa shape index (κ3) is 3.29. The third-order valence-electron chi connectivity index (χ3n) is 4.15. The zero-order valence-corrected chi connectivity index (χ0v) is 12.6. The van der Waals surface area contributed by atoms with E-state index in [1.165, 1.54) is 12.5 Å². The van der Waals surface area contributed by atoms with Crippen molar-refractivity contribution in [2.45, 2.75) is 57.4 Å². The lowest BCUT2D eigenvalue weighted by atomic mass is 9.69. The van der Waals surface area contributed by atoms with Crippen molar-refractivity contribution in [1.82, 2.24) is 5.32 Å². The van der Waals surface area contributed by atoms with E-state index in [0.717, 1.165) is 37.8 Å². The minimum atomic E-state index is -0.153. The highest BCUT2D eigenvalue weighted by Crippen LogP contribution is 2.43. The molecule has 1 aliphatic rings. The normalized spacial score (nSPS) is 18.8. The summed E-state index contributed by atoms with van der Waals surface area (Å²) in [5, 5.41) is 4.06. The first-order chi connectivity index (χ1) is 9.05. The van der Waals surface area contributed by atoms with Crippen LogP contribution in [0.25, 0.3) is 0 Å². The zero-order chi connectivity index (χ0) is 13.9. The Balaban J connectivity index is 2.36. The van der Waals surface area contributed by atoms with Crippen molar-refractivity contribution in [2.24, 2.45) is 0 Å². The van der Waals surface area contributed by atoms with Gasteiger partial charge >= 0.3 is 0 Å². The van der Waals surface area contributed by atoms with Gasteiger partial charge in [0.05, 0.1) is 0 Å². The predicted molar refractivity (Wildman–Crippen MR) is 79.3 cm³/mol. The lowest BCUT2D eigenvalue weighted by Gasteiger charge is -2.39. The Hall–Kier alpha value is -0.600. The van der Waals surface area contributed by atoms with Crippen LogP contribution in [0.2, 0.25) is 5.02 Å². The molecule has 1 aromatic rings. The quantitative estimate of drug-likeness (QED) is 0.846. The summed E-state index contributed by atoms with van der Waals surface area (Å²) in [5.41, 5.74) is 0.592. The molecule has 0 aliphatic heterocycles. The van der Waals surface area contributed by atoms with Gasteiger partial charge in [0.25, 0.3) is 0 Å². The maximum Gasteiger partial charge on any atom is 0.128 e. The van der Waals surface area contributed by atoms with Crippen LogP contribution in [-0.2, 0) is 5.41 Å². The molecule has 1 N–H and O–H groups in total. The lowest BCUT2D eigenvalue weighted by molar-refractivity contribution is 0.266. The first-order valence-corrected chi connectivity index (χ1v) is 7.61. The highest BCUT2D eigenvalue weighted by Gasteiger charge is 2.37. The molecule has 0 radical (unpaired) electrons. The molecule has 0 unspecified atom stereocenters. The monoisotopic (exact) mass is 283 g/mol. The standard InChI is InChI=1S/C16H23ClFN/c1-12(2)19-11-16(9-4-3-5-10-16)15-13(17)7-6-8-14(15)18/h6-8,12,19H,3-5,9-11H2,1-2H3. The minimum absolute atomic E-state index is 0.134. The number of nitrogens with one attached hydrogen (secondary N) is 1. The van der Waals surface area contributed by atoms with Gasteiger partial charge in [-0.25, -0.2) is 4.39 Å². The molecule has 1 fully saturated rings. The van der Waals surface area contributed by atoms with Crippen LogP contribution in [0.5, 0.6) is 0 Å². The molecule has 0 saturated heterocycles. The van der Waals surface area contributed by atoms with E-state index in [9.17, 15) is 4.39 Å². The Morgan fingerprint density at radius 3 is 2.53 bits per heavy atom. The second-order valence-corrected chi connectivity index (χ2v) is 6.38. The topological polar surface area (TPSA) is 12.0 Å². The summed E-state index contributed by atoms with van der Waals surface area (Å²) in [6, 6.07) is 5.44. The van der Waals surface area contributed by atoms with E-state index >= 15 is 0 Å². The Bertz CT molecular complexity index is 405. The summed E-state index contributed by atoms with van der Waals surface area (Å²) in [6.07, 6.45) is 5.60. The number of benzene rings is 1. The third-order valence-corrected chi connectivity index (χ3v) is 4.47. The summed E-state index contributed by atoms with van der Waals surface area (Å²) in [5.74, 6) is -0.153. The van der Waals surface area contributed by atoms with Gasteiger partial charge in [0.15, 0.2) is 0 Å². The molecule has 0 spiro atoms. The smallest absolute Gasteiger partial charge is 0.128 e. The minimum Gasteiger partial charge on any atom is -0.314 e. The number of hydrogen-bond donors (Lipinski definition) is 1. The van der Waals surface area contributed by atoms with E-state index in [0.29, 0.717) is 11.1 Å². The van der Waals surface area contributed by atoms with Crippen molar-refractivity contribution < 1.29 is 4.39 Å². The molecule has 1 saturated carbocycles. The van der Waals surface area contributed by atoms with E-state index in [4.69, 9.17) is 11.6 Å². The number of halogens is 2. The van der Waals surface area contributed by atoms with Gasteiger partial charge < -0.3 is 5.32 Å². The Labute approximate surface area is 120 Å². The largest absolute Gasteiger partial charge is 0.314 e. The average molecular weight is 284 g/mol. The molecule has 3 heteroatoms. The van der Waals surface area contributed by atoms with E-state index < -0.39 is 0 Å². The van der Waals surface area contributed by atoms with Crippen molar-refractivity contribution in [3.05, 3.63) is 34.6 Å². The first-order valence-electron chi connectivity index (χ1n) is 7.23. The second kappa shape index (κ2) is 6.23. The van der Waals surface area contributed by atoms with Crippen molar-refractivity contribution >= 4 is 11.6 Å². The maximum absolute atomic E-state index is 14.3. The second-order valence-electron chi connectivity index (χ2n) is 5.97. The fourth-order valence-corrected chi connectivity index (χ4v) is 3.51. The van der Waals surface area contributed by atoms with Crippen LogP contribution in [-0.4, -0.2) is 12.6 Å². The molecule has 0 atom stereocenters. The average Bonchev–Trinajstić information content (AvgIpc) is 2.37. The Morgan fingerprint density at radius 2 is 1.95 bits per heavy atom. The van der Waals surface area contributed by atoms with Gasteiger partial charge in [0.2, 0.25) is 0 Å². The molecule has 19 heavy (non-hydrogen) atoms. The van der Waals surface area contributed by atoms with Gasteiger partial charge in [0, 0.05) is 28.6 Å². The molecule has 0 bridgehead atoms. The van der Waals surface area contributed by atoms with Gasteiger partial charge in [-0.15, -0.1) is 0 Å². The van der Waals surface area contributed by atoms with Crippen LogP contribution in [0.4, 0.5) is 4.39 Å².